The van der Waals surface area contributed by atoms with Crippen LogP contribution < -0.4 is 5.32 Å². The van der Waals surface area contributed by atoms with E-state index in [1.807, 2.05) is 0 Å². The van der Waals surface area contributed by atoms with E-state index in [4.69, 9.17) is 0 Å². The second-order valence-corrected chi connectivity index (χ2v) is 9.22. The van der Waals surface area contributed by atoms with Gasteiger partial charge in [0.1, 0.15) is 0 Å². The first-order chi connectivity index (χ1) is 7.83. The Hall–Kier alpha value is 0.620. The molecule has 4 heteroatoms. The molecule has 1 nitrogen and oxygen atoms in total. The molecule has 0 aliphatic heterocycles. The molecule has 0 aromatic carbocycles. The molecule has 0 bridgehead atoms. The standard InChI is InChI=1S/C13H21Br2NS/c1-9(2)8-16-6-5-13(3,4)10-7-11(14)17-12(10)15/h7,9,16H,5-6,8H2,1-4H3. The summed E-state index contributed by atoms with van der Waals surface area (Å²) in [5.74, 6) is 0.722. The van der Waals surface area contributed by atoms with Crippen LogP contribution in [0.1, 0.15) is 39.7 Å². The van der Waals surface area contributed by atoms with Crippen molar-refractivity contribution in [2.24, 2.45) is 5.92 Å². The van der Waals surface area contributed by atoms with Crippen LogP contribution in [-0.2, 0) is 5.41 Å². The van der Waals surface area contributed by atoms with E-state index in [1.165, 1.54) is 13.1 Å². The SMILES string of the molecule is CC(C)CNCCC(C)(C)c1cc(Br)sc1Br. The molecule has 17 heavy (non-hydrogen) atoms. The third-order valence-corrected chi connectivity index (χ3v) is 5.20. The zero-order chi connectivity index (χ0) is 13.1. The smallest absolute Gasteiger partial charge is 0.0747 e. The molecule has 0 aliphatic carbocycles. The molecule has 0 atom stereocenters. The lowest BCUT2D eigenvalue weighted by Gasteiger charge is -2.25. The monoisotopic (exact) mass is 381 g/mol. The molecule has 1 aromatic heterocycles. The van der Waals surface area contributed by atoms with Crippen molar-refractivity contribution >= 4 is 43.2 Å². The highest BCUT2D eigenvalue weighted by atomic mass is 79.9. The van der Waals surface area contributed by atoms with Crippen LogP contribution in [0, 0.1) is 5.92 Å². The maximum atomic E-state index is 3.65. The Morgan fingerprint density at radius 2 is 2.00 bits per heavy atom. The van der Waals surface area contributed by atoms with Gasteiger partial charge in [0.15, 0.2) is 0 Å². The van der Waals surface area contributed by atoms with Crippen LogP contribution >= 0.6 is 43.2 Å². The quantitative estimate of drug-likeness (QED) is 0.667. The molecule has 0 saturated heterocycles. The van der Waals surface area contributed by atoms with E-state index in [0.29, 0.717) is 0 Å². The largest absolute Gasteiger partial charge is 0.316 e. The number of thiophene rings is 1. The number of hydrogen-bond donors (Lipinski definition) is 1. The minimum Gasteiger partial charge on any atom is -0.316 e. The van der Waals surface area contributed by atoms with Crippen molar-refractivity contribution in [3.05, 3.63) is 19.2 Å². The van der Waals surface area contributed by atoms with Crippen molar-refractivity contribution in [1.82, 2.24) is 5.32 Å². The molecule has 0 amide bonds. The third kappa shape index (κ3) is 5.01. The maximum Gasteiger partial charge on any atom is 0.0747 e. The summed E-state index contributed by atoms with van der Waals surface area (Å²) in [6.45, 7) is 11.3. The lowest BCUT2D eigenvalue weighted by atomic mass is 9.83. The Morgan fingerprint density at radius 1 is 1.35 bits per heavy atom. The van der Waals surface area contributed by atoms with Crippen LogP contribution in [0.25, 0.3) is 0 Å². The van der Waals surface area contributed by atoms with Crippen molar-refractivity contribution in [3.8, 4) is 0 Å². The summed E-state index contributed by atoms with van der Waals surface area (Å²) in [5.41, 5.74) is 1.62. The summed E-state index contributed by atoms with van der Waals surface area (Å²) in [6.07, 6.45) is 1.15. The van der Waals surface area contributed by atoms with Crippen LogP contribution in [0.5, 0.6) is 0 Å². The number of rotatable bonds is 6. The fourth-order valence-corrected chi connectivity index (χ4v) is 5.06. The van der Waals surface area contributed by atoms with Crippen molar-refractivity contribution in [2.75, 3.05) is 13.1 Å². The zero-order valence-electron chi connectivity index (χ0n) is 10.9. The lowest BCUT2D eigenvalue weighted by molar-refractivity contribution is 0.442. The van der Waals surface area contributed by atoms with E-state index in [2.05, 4.69) is 70.9 Å². The number of halogens is 2. The molecule has 0 fully saturated rings. The molecule has 0 spiro atoms. The van der Waals surface area contributed by atoms with Gasteiger partial charge in [-0.1, -0.05) is 27.7 Å². The van der Waals surface area contributed by atoms with Gasteiger partial charge in [0.2, 0.25) is 0 Å². The van der Waals surface area contributed by atoms with Gasteiger partial charge < -0.3 is 5.32 Å². The first-order valence-electron chi connectivity index (χ1n) is 5.99. The molecule has 0 saturated carbocycles. The Labute approximate surface area is 126 Å². The highest BCUT2D eigenvalue weighted by molar-refractivity contribution is 9.12. The molecule has 0 aliphatic rings. The van der Waals surface area contributed by atoms with Gasteiger partial charge in [0.25, 0.3) is 0 Å². The summed E-state index contributed by atoms with van der Waals surface area (Å²) in [6, 6.07) is 2.23. The zero-order valence-corrected chi connectivity index (χ0v) is 14.9. The fourth-order valence-electron chi connectivity index (χ4n) is 1.73. The molecule has 1 aromatic rings. The van der Waals surface area contributed by atoms with Gasteiger partial charge in [-0.3, -0.25) is 0 Å². The lowest BCUT2D eigenvalue weighted by Crippen LogP contribution is -2.27. The third-order valence-electron chi connectivity index (χ3n) is 2.87. The van der Waals surface area contributed by atoms with Gasteiger partial charge in [-0.15, -0.1) is 11.3 Å². The van der Waals surface area contributed by atoms with Crippen LogP contribution in [-0.4, -0.2) is 13.1 Å². The summed E-state index contributed by atoms with van der Waals surface area (Å²) in [4.78, 5) is 0. The average molecular weight is 383 g/mol. The topological polar surface area (TPSA) is 12.0 Å². The van der Waals surface area contributed by atoms with E-state index in [1.54, 1.807) is 11.3 Å². The summed E-state index contributed by atoms with van der Waals surface area (Å²) >= 11 is 8.96. The number of nitrogens with one attached hydrogen (secondary N) is 1. The van der Waals surface area contributed by atoms with Crippen molar-refractivity contribution in [1.29, 1.82) is 0 Å². The summed E-state index contributed by atoms with van der Waals surface area (Å²) in [5, 5.41) is 3.51. The predicted molar refractivity (Wildman–Crippen MR) is 85.1 cm³/mol. The van der Waals surface area contributed by atoms with Gasteiger partial charge in [-0.05, 0) is 74.3 Å². The number of hydrogen-bond acceptors (Lipinski definition) is 2. The predicted octanol–water partition coefficient (Wildman–Crippen LogP) is 5.19. The second kappa shape index (κ2) is 6.69. The molecule has 1 N–H and O–H groups in total. The normalized spacial score (nSPS) is 12.4. The molecule has 0 radical (unpaired) electrons. The fraction of sp³-hybridized carbons (Fsp3) is 0.692. The summed E-state index contributed by atoms with van der Waals surface area (Å²) in [7, 11) is 0. The Balaban J connectivity index is 2.53. The highest BCUT2D eigenvalue weighted by Gasteiger charge is 2.24. The maximum absolute atomic E-state index is 3.65. The molecule has 0 unspecified atom stereocenters. The van der Waals surface area contributed by atoms with Crippen LogP contribution in [0.3, 0.4) is 0 Å². The molecule has 1 heterocycles. The van der Waals surface area contributed by atoms with E-state index in [0.717, 1.165) is 25.4 Å². The molecule has 98 valence electrons. The highest BCUT2D eigenvalue weighted by Crippen LogP contribution is 2.40. The van der Waals surface area contributed by atoms with Crippen LogP contribution in [0.4, 0.5) is 0 Å². The molecular weight excluding hydrogens is 362 g/mol. The van der Waals surface area contributed by atoms with Crippen molar-refractivity contribution in [3.63, 3.8) is 0 Å². The van der Waals surface area contributed by atoms with Gasteiger partial charge in [-0.25, -0.2) is 0 Å². The van der Waals surface area contributed by atoms with E-state index in [9.17, 15) is 0 Å². The van der Waals surface area contributed by atoms with Gasteiger partial charge in [0, 0.05) is 0 Å². The first-order valence-corrected chi connectivity index (χ1v) is 8.39. The molecular formula is C13H21Br2NS. The average Bonchev–Trinajstić information content (AvgIpc) is 2.53. The second-order valence-electron chi connectivity index (χ2n) is 5.47. The van der Waals surface area contributed by atoms with Crippen LogP contribution in [0.15, 0.2) is 13.6 Å². The van der Waals surface area contributed by atoms with E-state index >= 15 is 0 Å². The Morgan fingerprint density at radius 3 is 2.47 bits per heavy atom. The summed E-state index contributed by atoms with van der Waals surface area (Å²) < 4.78 is 2.45. The van der Waals surface area contributed by atoms with Gasteiger partial charge in [0.05, 0.1) is 7.57 Å². The van der Waals surface area contributed by atoms with Crippen molar-refractivity contribution in [2.45, 2.75) is 39.5 Å². The van der Waals surface area contributed by atoms with E-state index < -0.39 is 0 Å². The minimum atomic E-state index is 0.214. The van der Waals surface area contributed by atoms with Gasteiger partial charge in [-0.2, -0.15) is 0 Å². The van der Waals surface area contributed by atoms with Crippen molar-refractivity contribution < 1.29 is 0 Å². The minimum absolute atomic E-state index is 0.214. The Kier molecular flexibility index (Phi) is 6.17. The van der Waals surface area contributed by atoms with Crippen LogP contribution in [0.2, 0.25) is 0 Å². The Bertz CT molecular complexity index is 358. The first kappa shape index (κ1) is 15.7. The van der Waals surface area contributed by atoms with Gasteiger partial charge >= 0.3 is 0 Å². The molecule has 1 rings (SSSR count). The van der Waals surface area contributed by atoms with E-state index in [-0.39, 0.29) is 5.41 Å².